The van der Waals surface area contributed by atoms with Gasteiger partial charge in [0.05, 0.1) is 13.2 Å². The molecule has 0 radical (unpaired) electrons. The number of nitrogens with zero attached hydrogens (tertiary/aromatic N) is 4. The van der Waals surface area contributed by atoms with Crippen molar-refractivity contribution in [2.45, 2.75) is 59.6 Å². The molecule has 2 heterocycles. The Balaban J connectivity index is 0.00000408. The smallest absolute Gasteiger partial charge is 0.242 e. The standard InChI is InChI=1S/C24H33N5O4.ClH/c1-6-33-21-10-16(2)22-27-28(23(25)29(22)26-21)14-20(31)18-11-17(15-32-9-7-8-30)12-19(13-18)24(3,4)5;/h10-13,25,30H,6-9,14-15H2,1-5H3;1H. The molecule has 0 amide bonds. The van der Waals surface area contributed by atoms with Crippen LogP contribution in [0, 0.1) is 12.3 Å². The summed E-state index contributed by atoms with van der Waals surface area (Å²) < 4.78 is 13.9. The predicted molar refractivity (Wildman–Crippen MR) is 131 cm³/mol. The SMILES string of the molecule is CCOc1cc(C)c2nn(CC(=O)c3cc(COCCCO)cc(C(C)(C)C)c3)c(=N)n2n1.Cl. The second kappa shape index (κ2) is 11.6. The fourth-order valence-electron chi connectivity index (χ4n) is 3.41. The molecular weight excluding hydrogens is 458 g/mol. The van der Waals surface area contributed by atoms with Crippen molar-refractivity contribution in [3.63, 3.8) is 0 Å². The van der Waals surface area contributed by atoms with Gasteiger partial charge in [-0.2, -0.15) is 4.52 Å². The Bertz CT molecular complexity index is 1200. The minimum absolute atomic E-state index is 0. The number of carbonyl (C=O) groups excluding carboxylic acids is 1. The lowest BCUT2D eigenvalue weighted by Gasteiger charge is -2.21. The van der Waals surface area contributed by atoms with Gasteiger partial charge in [-0.3, -0.25) is 10.2 Å². The van der Waals surface area contributed by atoms with E-state index in [4.69, 9.17) is 20.0 Å². The third kappa shape index (κ3) is 6.43. The Kier molecular flexibility index (Phi) is 9.37. The Morgan fingerprint density at radius 3 is 2.56 bits per heavy atom. The number of aromatic nitrogens is 4. The van der Waals surface area contributed by atoms with Crippen LogP contribution in [0.1, 0.15) is 61.2 Å². The van der Waals surface area contributed by atoms with E-state index < -0.39 is 0 Å². The van der Waals surface area contributed by atoms with Gasteiger partial charge in [-0.15, -0.1) is 22.6 Å². The van der Waals surface area contributed by atoms with Crippen LogP contribution in [0.4, 0.5) is 0 Å². The number of hydrogen-bond donors (Lipinski definition) is 2. The van der Waals surface area contributed by atoms with Crippen LogP contribution in [0.3, 0.4) is 0 Å². The van der Waals surface area contributed by atoms with Gasteiger partial charge in [0, 0.05) is 30.4 Å². The van der Waals surface area contributed by atoms with Crippen molar-refractivity contribution in [1.82, 2.24) is 19.4 Å². The highest BCUT2D eigenvalue weighted by atomic mass is 35.5. The highest BCUT2D eigenvalue weighted by Crippen LogP contribution is 2.25. The van der Waals surface area contributed by atoms with Crippen molar-refractivity contribution in [3.8, 4) is 5.88 Å². The molecule has 0 aliphatic rings. The van der Waals surface area contributed by atoms with E-state index in [1.165, 1.54) is 9.20 Å². The Labute approximate surface area is 205 Å². The number of ether oxygens (including phenoxy) is 2. The van der Waals surface area contributed by atoms with Gasteiger partial charge in [0.25, 0.3) is 0 Å². The number of hydrogen-bond acceptors (Lipinski definition) is 7. The van der Waals surface area contributed by atoms with E-state index >= 15 is 0 Å². The molecule has 0 atom stereocenters. The van der Waals surface area contributed by atoms with E-state index in [0.29, 0.717) is 43.3 Å². The van der Waals surface area contributed by atoms with Crippen LogP contribution in [-0.2, 0) is 23.3 Å². The second-order valence-corrected chi connectivity index (χ2v) is 9.04. The lowest BCUT2D eigenvalue weighted by Crippen LogP contribution is -2.26. The van der Waals surface area contributed by atoms with Crippen LogP contribution >= 0.6 is 12.4 Å². The Morgan fingerprint density at radius 2 is 1.91 bits per heavy atom. The summed E-state index contributed by atoms with van der Waals surface area (Å²) in [5, 5.41) is 26.2. The van der Waals surface area contributed by atoms with Crippen molar-refractivity contribution >= 4 is 23.8 Å². The first-order chi connectivity index (χ1) is 15.6. The molecule has 3 aromatic rings. The van der Waals surface area contributed by atoms with Crippen LogP contribution in [0.25, 0.3) is 5.65 Å². The number of rotatable bonds is 10. The van der Waals surface area contributed by atoms with Crippen LogP contribution in [0.5, 0.6) is 5.88 Å². The topological polar surface area (TPSA) is 115 Å². The van der Waals surface area contributed by atoms with E-state index in [0.717, 1.165) is 16.7 Å². The monoisotopic (exact) mass is 491 g/mol. The number of ketones is 1. The summed E-state index contributed by atoms with van der Waals surface area (Å²) in [7, 11) is 0. The first-order valence-electron chi connectivity index (χ1n) is 11.1. The number of halogens is 1. The summed E-state index contributed by atoms with van der Waals surface area (Å²) in [5.74, 6) is 0.262. The summed E-state index contributed by atoms with van der Waals surface area (Å²) in [6, 6.07) is 7.54. The minimum Gasteiger partial charge on any atom is -0.477 e. The molecule has 3 rings (SSSR count). The quantitative estimate of drug-likeness (QED) is 0.332. The van der Waals surface area contributed by atoms with Crippen LogP contribution in [-0.4, -0.2) is 50.1 Å². The molecule has 0 aliphatic heterocycles. The van der Waals surface area contributed by atoms with Crippen LogP contribution < -0.4 is 10.4 Å². The first kappa shape index (κ1) is 27.5. The number of aryl methyl sites for hydroxylation is 1. The molecule has 2 N–H and O–H groups in total. The highest BCUT2D eigenvalue weighted by molar-refractivity contribution is 5.96. The lowest BCUT2D eigenvalue weighted by atomic mass is 9.84. The van der Waals surface area contributed by atoms with E-state index in [9.17, 15) is 4.79 Å². The summed E-state index contributed by atoms with van der Waals surface area (Å²) in [6.45, 7) is 11.3. The fourth-order valence-corrected chi connectivity index (χ4v) is 3.41. The summed E-state index contributed by atoms with van der Waals surface area (Å²) in [4.78, 5) is 13.2. The zero-order chi connectivity index (χ0) is 24.2. The third-order valence-corrected chi connectivity index (χ3v) is 5.23. The van der Waals surface area contributed by atoms with Gasteiger partial charge in [0.1, 0.15) is 6.54 Å². The molecule has 2 aromatic heterocycles. The molecule has 0 saturated carbocycles. The van der Waals surface area contributed by atoms with E-state index in [-0.39, 0.29) is 42.4 Å². The molecule has 9 nitrogen and oxygen atoms in total. The number of nitrogens with one attached hydrogen (secondary N) is 1. The number of aliphatic hydroxyl groups is 1. The summed E-state index contributed by atoms with van der Waals surface area (Å²) in [6.07, 6.45) is 0.569. The molecular formula is C24H34ClN5O4. The molecule has 0 aliphatic carbocycles. The largest absolute Gasteiger partial charge is 0.477 e. The Morgan fingerprint density at radius 1 is 1.18 bits per heavy atom. The zero-order valence-electron chi connectivity index (χ0n) is 20.4. The van der Waals surface area contributed by atoms with Gasteiger partial charge >= 0.3 is 0 Å². The number of fused-ring (bicyclic) bond motifs is 1. The van der Waals surface area contributed by atoms with Gasteiger partial charge in [-0.25, -0.2) is 4.68 Å². The maximum absolute atomic E-state index is 13.2. The number of benzene rings is 1. The van der Waals surface area contributed by atoms with Crippen molar-refractivity contribution in [2.75, 3.05) is 19.8 Å². The molecule has 0 bridgehead atoms. The predicted octanol–water partition coefficient (Wildman–Crippen LogP) is 3.22. The average molecular weight is 492 g/mol. The Hall–Kier alpha value is -2.75. The van der Waals surface area contributed by atoms with Crippen LogP contribution in [0.15, 0.2) is 24.3 Å². The van der Waals surface area contributed by atoms with Crippen molar-refractivity contribution < 1.29 is 19.4 Å². The molecule has 10 heteroatoms. The molecule has 1 aromatic carbocycles. The molecule has 34 heavy (non-hydrogen) atoms. The second-order valence-electron chi connectivity index (χ2n) is 9.04. The summed E-state index contributed by atoms with van der Waals surface area (Å²) >= 11 is 0. The molecule has 0 saturated heterocycles. The van der Waals surface area contributed by atoms with E-state index in [1.54, 1.807) is 6.07 Å². The first-order valence-corrected chi connectivity index (χ1v) is 11.1. The van der Waals surface area contributed by atoms with Crippen molar-refractivity contribution in [3.05, 3.63) is 52.1 Å². The van der Waals surface area contributed by atoms with Gasteiger partial charge in [0.2, 0.25) is 11.5 Å². The van der Waals surface area contributed by atoms with E-state index in [2.05, 4.69) is 31.0 Å². The molecule has 186 valence electrons. The molecule has 0 fully saturated rings. The van der Waals surface area contributed by atoms with Crippen molar-refractivity contribution in [1.29, 1.82) is 5.41 Å². The number of aliphatic hydroxyl groups excluding tert-OH is 1. The van der Waals surface area contributed by atoms with Crippen molar-refractivity contribution in [2.24, 2.45) is 0 Å². The number of carbonyl (C=O) groups is 1. The van der Waals surface area contributed by atoms with Gasteiger partial charge in [0.15, 0.2) is 11.4 Å². The molecule has 0 unspecified atom stereocenters. The maximum Gasteiger partial charge on any atom is 0.242 e. The zero-order valence-corrected chi connectivity index (χ0v) is 21.2. The highest BCUT2D eigenvalue weighted by Gasteiger charge is 2.19. The van der Waals surface area contributed by atoms with Gasteiger partial charge < -0.3 is 14.6 Å². The van der Waals surface area contributed by atoms with Crippen LogP contribution in [0.2, 0.25) is 0 Å². The fraction of sp³-hybridized carbons (Fsp3) is 0.500. The maximum atomic E-state index is 13.2. The van der Waals surface area contributed by atoms with Gasteiger partial charge in [-0.1, -0.05) is 26.8 Å². The van der Waals surface area contributed by atoms with Gasteiger partial charge in [-0.05, 0) is 48.9 Å². The third-order valence-electron chi connectivity index (χ3n) is 5.23. The lowest BCUT2D eigenvalue weighted by molar-refractivity contribution is 0.0963. The minimum atomic E-state index is -0.151. The normalized spacial score (nSPS) is 11.5. The summed E-state index contributed by atoms with van der Waals surface area (Å²) in [5.41, 5.74) is 3.65. The number of Topliss-reactive ketones (excluding diaryl/α,β-unsaturated/α-hetero) is 1. The van der Waals surface area contributed by atoms with E-state index in [1.807, 2.05) is 32.0 Å². The average Bonchev–Trinajstić information content (AvgIpc) is 3.07. The molecule has 0 spiro atoms.